The maximum atomic E-state index is 6.10. The Hall–Kier alpha value is -3.00. The molecule has 3 rings (SSSR count). The number of hydrogen-bond donors (Lipinski definition) is 0. The zero-order chi connectivity index (χ0) is 21.2. The van der Waals surface area contributed by atoms with E-state index in [2.05, 4.69) is 98.1 Å². The first-order valence-corrected chi connectivity index (χ1v) is 11.1. The maximum absolute atomic E-state index is 6.10. The Labute approximate surface area is 181 Å². The van der Waals surface area contributed by atoms with Crippen molar-refractivity contribution in [1.29, 1.82) is 0 Å². The largest absolute Gasteiger partial charge is 0.493 e. The molecule has 0 heterocycles. The summed E-state index contributed by atoms with van der Waals surface area (Å²) < 4.78 is 6.10. The zero-order valence-corrected chi connectivity index (χ0v) is 18.3. The van der Waals surface area contributed by atoms with Crippen molar-refractivity contribution in [2.45, 2.75) is 39.5 Å². The standard InChI is InChI=1S/C28H33NO/c1-4-7-11-24(6-3)22-30-28-20-18-27(19-21-28)29(25-12-9-8-10-13-25)26-16-14-23(5-2)15-17-26/h5,8-10,12-21,24H,2,4,6-7,11,22H2,1,3H3. The molecule has 0 aromatic heterocycles. The molecule has 0 bridgehead atoms. The quantitative estimate of drug-likeness (QED) is 0.321. The monoisotopic (exact) mass is 399 g/mol. The van der Waals surface area contributed by atoms with E-state index in [0.29, 0.717) is 5.92 Å². The Kier molecular flexibility index (Phi) is 8.14. The lowest BCUT2D eigenvalue weighted by Crippen LogP contribution is -2.12. The minimum absolute atomic E-state index is 0.633. The van der Waals surface area contributed by atoms with Crippen LogP contribution in [0.15, 0.2) is 85.4 Å². The van der Waals surface area contributed by atoms with E-state index < -0.39 is 0 Å². The molecule has 0 saturated carbocycles. The van der Waals surface area contributed by atoms with Gasteiger partial charge in [0, 0.05) is 17.1 Å². The molecule has 0 spiro atoms. The normalized spacial score (nSPS) is 11.7. The second kappa shape index (κ2) is 11.3. The van der Waals surface area contributed by atoms with Gasteiger partial charge in [0.1, 0.15) is 5.75 Å². The molecule has 3 aromatic carbocycles. The van der Waals surface area contributed by atoms with Crippen LogP contribution in [0.4, 0.5) is 17.1 Å². The smallest absolute Gasteiger partial charge is 0.119 e. The Morgan fingerprint density at radius 2 is 1.43 bits per heavy atom. The number of benzene rings is 3. The average Bonchev–Trinajstić information content (AvgIpc) is 2.81. The highest BCUT2D eigenvalue weighted by atomic mass is 16.5. The number of ether oxygens (including phenoxy) is 1. The second-order valence-electron chi connectivity index (χ2n) is 7.69. The minimum Gasteiger partial charge on any atom is -0.493 e. The lowest BCUT2D eigenvalue weighted by molar-refractivity contribution is 0.233. The van der Waals surface area contributed by atoms with Crippen molar-refractivity contribution in [3.8, 4) is 5.75 Å². The van der Waals surface area contributed by atoms with Crippen molar-refractivity contribution in [3.63, 3.8) is 0 Å². The summed E-state index contributed by atoms with van der Waals surface area (Å²) in [7, 11) is 0. The highest BCUT2D eigenvalue weighted by Crippen LogP contribution is 2.35. The van der Waals surface area contributed by atoms with Gasteiger partial charge in [-0.1, -0.05) is 76.1 Å². The van der Waals surface area contributed by atoms with Crippen molar-refractivity contribution in [1.82, 2.24) is 0 Å². The Morgan fingerprint density at radius 3 is 2.00 bits per heavy atom. The van der Waals surface area contributed by atoms with E-state index in [1.807, 2.05) is 12.1 Å². The molecule has 0 amide bonds. The van der Waals surface area contributed by atoms with Crippen LogP contribution in [0.25, 0.3) is 6.08 Å². The van der Waals surface area contributed by atoms with Gasteiger partial charge in [0.05, 0.1) is 6.61 Å². The van der Waals surface area contributed by atoms with E-state index in [-0.39, 0.29) is 0 Å². The van der Waals surface area contributed by atoms with E-state index >= 15 is 0 Å². The number of para-hydroxylation sites is 1. The molecular weight excluding hydrogens is 366 g/mol. The van der Waals surface area contributed by atoms with Gasteiger partial charge < -0.3 is 9.64 Å². The van der Waals surface area contributed by atoms with Crippen LogP contribution in [0.2, 0.25) is 0 Å². The topological polar surface area (TPSA) is 12.5 Å². The fourth-order valence-corrected chi connectivity index (χ4v) is 3.59. The number of nitrogens with zero attached hydrogens (tertiary/aromatic N) is 1. The third kappa shape index (κ3) is 5.76. The molecule has 0 aliphatic rings. The van der Waals surface area contributed by atoms with Gasteiger partial charge in [0.2, 0.25) is 0 Å². The zero-order valence-electron chi connectivity index (χ0n) is 18.3. The highest BCUT2D eigenvalue weighted by Gasteiger charge is 2.13. The number of rotatable bonds is 11. The molecule has 1 atom stereocenters. The summed E-state index contributed by atoms with van der Waals surface area (Å²) in [6, 6.07) is 27.3. The van der Waals surface area contributed by atoms with Crippen LogP contribution in [0.5, 0.6) is 5.75 Å². The van der Waals surface area contributed by atoms with Crippen molar-refractivity contribution in [2.75, 3.05) is 11.5 Å². The number of anilines is 3. The van der Waals surface area contributed by atoms with Crippen molar-refractivity contribution in [2.24, 2.45) is 5.92 Å². The molecule has 30 heavy (non-hydrogen) atoms. The van der Waals surface area contributed by atoms with Crippen LogP contribution in [0, 0.1) is 5.92 Å². The first-order chi connectivity index (χ1) is 14.7. The number of hydrogen-bond acceptors (Lipinski definition) is 2. The predicted molar refractivity (Wildman–Crippen MR) is 130 cm³/mol. The van der Waals surface area contributed by atoms with Gasteiger partial charge in [-0.05, 0) is 66.4 Å². The van der Waals surface area contributed by atoms with Gasteiger partial charge in [-0.25, -0.2) is 0 Å². The van der Waals surface area contributed by atoms with E-state index in [0.717, 1.165) is 35.0 Å². The van der Waals surface area contributed by atoms with Crippen molar-refractivity contribution in [3.05, 3.63) is 91.0 Å². The molecule has 0 N–H and O–H groups in total. The van der Waals surface area contributed by atoms with Crippen LogP contribution < -0.4 is 9.64 Å². The van der Waals surface area contributed by atoms with E-state index in [1.54, 1.807) is 0 Å². The maximum Gasteiger partial charge on any atom is 0.119 e. The van der Waals surface area contributed by atoms with Gasteiger partial charge in [0.15, 0.2) is 0 Å². The Morgan fingerprint density at radius 1 is 0.833 bits per heavy atom. The fraction of sp³-hybridized carbons (Fsp3) is 0.286. The van der Waals surface area contributed by atoms with Gasteiger partial charge in [0.25, 0.3) is 0 Å². The first-order valence-electron chi connectivity index (χ1n) is 11.1. The first kappa shape index (κ1) is 21.7. The molecule has 3 aromatic rings. The average molecular weight is 400 g/mol. The van der Waals surface area contributed by atoms with Crippen LogP contribution in [-0.2, 0) is 0 Å². The van der Waals surface area contributed by atoms with Crippen LogP contribution in [0.1, 0.15) is 45.1 Å². The Balaban J connectivity index is 1.79. The van der Waals surface area contributed by atoms with Crippen LogP contribution in [0.3, 0.4) is 0 Å². The van der Waals surface area contributed by atoms with E-state index in [9.17, 15) is 0 Å². The molecule has 2 nitrogen and oxygen atoms in total. The lowest BCUT2D eigenvalue weighted by atomic mass is 10.0. The van der Waals surface area contributed by atoms with Crippen molar-refractivity contribution >= 4 is 23.1 Å². The third-order valence-corrected chi connectivity index (χ3v) is 5.53. The summed E-state index contributed by atoms with van der Waals surface area (Å²) in [5.41, 5.74) is 4.47. The summed E-state index contributed by atoms with van der Waals surface area (Å²) in [4.78, 5) is 2.26. The summed E-state index contributed by atoms with van der Waals surface area (Å²) in [6.07, 6.45) is 6.80. The Bertz CT molecular complexity index is 884. The summed E-state index contributed by atoms with van der Waals surface area (Å²) >= 11 is 0. The van der Waals surface area contributed by atoms with Gasteiger partial charge in [-0.3, -0.25) is 0 Å². The molecule has 1 unspecified atom stereocenters. The molecule has 2 heteroatoms. The summed E-state index contributed by atoms with van der Waals surface area (Å²) in [6.45, 7) is 9.15. The van der Waals surface area contributed by atoms with Gasteiger partial charge >= 0.3 is 0 Å². The molecule has 0 fully saturated rings. The second-order valence-corrected chi connectivity index (χ2v) is 7.69. The summed E-state index contributed by atoms with van der Waals surface area (Å²) in [5.74, 6) is 1.57. The van der Waals surface area contributed by atoms with Gasteiger partial charge in [-0.15, -0.1) is 0 Å². The van der Waals surface area contributed by atoms with Crippen LogP contribution in [-0.4, -0.2) is 6.61 Å². The molecule has 0 aliphatic carbocycles. The molecule has 0 radical (unpaired) electrons. The van der Waals surface area contributed by atoms with Gasteiger partial charge in [-0.2, -0.15) is 0 Å². The lowest BCUT2D eigenvalue weighted by Gasteiger charge is -2.26. The van der Waals surface area contributed by atoms with Crippen molar-refractivity contribution < 1.29 is 4.74 Å². The third-order valence-electron chi connectivity index (χ3n) is 5.53. The fourth-order valence-electron chi connectivity index (χ4n) is 3.59. The molecular formula is C28H33NO. The van der Waals surface area contributed by atoms with E-state index in [1.165, 1.54) is 25.7 Å². The van der Waals surface area contributed by atoms with E-state index in [4.69, 9.17) is 4.74 Å². The molecule has 156 valence electrons. The molecule has 0 saturated heterocycles. The van der Waals surface area contributed by atoms with Crippen LogP contribution >= 0.6 is 0 Å². The highest BCUT2D eigenvalue weighted by molar-refractivity contribution is 5.77. The summed E-state index contributed by atoms with van der Waals surface area (Å²) in [5, 5.41) is 0. The minimum atomic E-state index is 0.633. The number of unbranched alkanes of at least 4 members (excludes halogenated alkanes) is 1. The molecule has 0 aliphatic heterocycles. The SMILES string of the molecule is C=Cc1ccc(N(c2ccccc2)c2ccc(OCC(CC)CCCC)cc2)cc1. The predicted octanol–water partition coefficient (Wildman–Crippen LogP) is 8.39.